The summed E-state index contributed by atoms with van der Waals surface area (Å²) in [6.07, 6.45) is 5.61. The summed E-state index contributed by atoms with van der Waals surface area (Å²) in [6.45, 7) is 2.17. The van der Waals surface area contributed by atoms with Crippen LogP contribution in [0.25, 0.3) is 0 Å². The molecule has 3 heteroatoms. The maximum atomic E-state index is 10.8. The van der Waals surface area contributed by atoms with Gasteiger partial charge in [-0.15, -0.1) is 0 Å². The average Bonchev–Trinajstić information content (AvgIpc) is 2.20. The van der Waals surface area contributed by atoms with Crippen molar-refractivity contribution >= 4 is 0 Å². The number of pyridine rings is 1. The Morgan fingerprint density at radius 3 is 2.77 bits per heavy atom. The second-order valence-corrected chi connectivity index (χ2v) is 3.53. The van der Waals surface area contributed by atoms with Gasteiger partial charge in [0.25, 0.3) is 0 Å². The van der Waals surface area contributed by atoms with Crippen molar-refractivity contribution in [1.29, 1.82) is 0 Å². The molecule has 0 amide bonds. The summed E-state index contributed by atoms with van der Waals surface area (Å²) < 4.78 is 0.833. The zero-order chi connectivity index (χ0) is 9.10. The molecule has 1 aliphatic heterocycles. The summed E-state index contributed by atoms with van der Waals surface area (Å²) in [5.41, 5.74) is 1.28. The molecule has 1 aromatic rings. The quantitative estimate of drug-likeness (QED) is 0.510. The van der Waals surface area contributed by atoms with Crippen LogP contribution in [0.15, 0.2) is 24.5 Å². The van der Waals surface area contributed by atoms with E-state index in [9.17, 15) is 5.21 Å². The van der Waals surface area contributed by atoms with Gasteiger partial charge in [0.2, 0.25) is 0 Å². The molecule has 2 heterocycles. The van der Waals surface area contributed by atoms with Crippen LogP contribution in [0.4, 0.5) is 0 Å². The lowest BCUT2D eigenvalue weighted by Gasteiger charge is -2.22. The Morgan fingerprint density at radius 2 is 2.15 bits per heavy atom. The van der Waals surface area contributed by atoms with Gasteiger partial charge in [0.15, 0.2) is 12.4 Å². The van der Waals surface area contributed by atoms with E-state index in [0.29, 0.717) is 5.92 Å². The summed E-state index contributed by atoms with van der Waals surface area (Å²) >= 11 is 0. The van der Waals surface area contributed by atoms with Crippen LogP contribution in [0, 0.1) is 5.21 Å². The van der Waals surface area contributed by atoms with Crippen LogP contribution < -0.4 is 10.0 Å². The van der Waals surface area contributed by atoms with Crippen LogP contribution in [0.2, 0.25) is 0 Å². The van der Waals surface area contributed by atoms with Crippen LogP contribution in [-0.4, -0.2) is 13.1 Å². The van der Waals surface area contributed by atoms with Gasteiger partial charge in [0.1, 0.15) is 0 Å². The molecule has 0 saturated carbocycles. The first kappa shape index (κ1) is 8.51. The van der Waals surface area contributed by atoms with E-state index < -0.39 is 0 Å². The Balaban J connectivity index is 2.10. The Morgan fingerprint density at radius 1 is 1.38 bits per heavy atom. The molecule has 2 rings (SSSR count). The van der Waals surface area contributed by atoms with Crippen molar-refractivity contribution in [2.24, 2.45) is 0 Å². The monoisotopic (exact) mass is 178 g/mol. The third-order valence-corrected chi connectivity index (χ3v) is 2.60. The number of hydrogen-bond acceptors (Lipinski definition) is 2. The van der Waals surface area contributed by atoms with E-state index in [1.165, 1.54) is 18.4 Å². The van der Waals surface area contributed by atoms with Crippen LogP contribution >= 0.6 is 0 Å². The second-order valence-electron chi connectivity index (χ2n) is 3.53. The molecule has 0 spiro atoms. The third kappa shape index (κ3) is 1.98. The van der Waals surface area contributed by atoms with Crippen molar-refractivity contribution in [1.82, 2.24) is 5.32 Å². The molecule has 70 valence electrons. The molecular formula is C10H14N2O. The fourth-order valence-electron chi connectivity index (χ4n) is 1.83. The third-order valence-electron chi connectivity index (χ3n) is 2.60. The molecule has 0 aromatic carbocycles. The molecule has 1 atom stereocenters. The standard InChI is InChI=1S/C10H14N2O/c13-12-6-3-9(4-7-12)10-2-1-5-11-8-10/h3-4,6-7,10-11H,1-2,5,8H2. The first-order valence-electron chi connectivity index (χ1n) is 4.76. The SMILES string of the molecule is [O-][n+]1ccc(C2CCCNC2)cc1. The number of hydrogen-bond donors (Lipinski definition) is 1. The average molecular weight is 178 g/mol. The van der Waals surface area contributed by atoms with Crippen molar-refractivity contribution in [2.75, 3.05) is 13.1 Å². The van der Waals surface area contributed by atoms with Crippen LogP contribution in [-0.2, 0) is 0 Å². The topological polar surface area (TPSA) is 39.0 Å². The highest BCUT2D eigenvalue weighted by Crippen LogP contribution is 2.21. The smallest absolute Gasteiger partial charge is 0.180 e. The van der Waals surface area contributed by atoms with Gasteiger partial charge in [-0.25, -0.2) is 0 Å². The molecule has 0 radical (unpaired) electrons. The van der Waals surface area contributed by atoms with Gasteiger partial charge in [-0.2, -0.15) is 4.73 Å². The summed E-state index contributed by atoms with van der Waals surface area (Å²) in [5.74, 6) is 0.593. The largest absolute Gasteiger partial charge is 0.619 e. The summed E-state index contributed by atoms with van der Waals surface area (Å²) in [6, 6.07) is 3.84. The molecule has 3 nitrogen and oxygen atoms in total. The van der Waals surface area contributed by atoms with E-state index >= 15 is 0 Å². The van der Waals surface area contributed by atoms with E-state index in [1.54, 1.807) is 12.4 Å². The van der Waals surface area contributed by atoms with E-state index in [1.807, 2.05) is 12.1 Å². The van der Waals surface area contributed by atoms with Crippen LogP contribution in [0.1, 0.15) is 24.3 Å². The van der Waals surface area contributed by atoms with Gasteiger partial charge < -0.3 is 10.5 Å². The minimum Gasteiger partial charge on any atom is -0.619 e. The van der Waals surface area contributed by atoms with Gasteiger partial charge in [-0.3, -0.25) is 0 Å². The number of aromatic nitrogens is 1. The minimum atomic E-state index is 0.593. The molecule has 1 aromatic heterocycles. The predicted octanol–water partition coefficient (Wildman–Crippen LogP) is 0.787. The molecule has 1 aliphatic rings. The fraction of sp³-hybridized carbons (Fsp3) is 0.500. The molecule has 13 heavy (non-hydrogen) atoms. The summed E-state index contributed by atoms with van der Waals surface area (Å²) in [7, 11) is 0. The normalized spacial score (nSPS) is 22.9. The lowest BCUT2D eigenvalue weighted by Crippen LogP contribution is -2.29. The first-order valence-corrected chi connectivity index (χ1v) is 4.76. The molecule has 1 saturated heterocycles. The van der Waals surface area contributed by atoms with Gasteiger partial charge >= 0.3 is 0 Å². The fourth-order valence-corrected chi connectivity index (χ4v) is 1.83. The highest BCUT2D eigenvalue weighted by molar-refractivity contribution is 5.15. The number of piperidine rings is 1. The number of nitrogens with zero attached hydrogens (tertiary/aromatic N) is 1. The lowest BCUT2D eigenvalue weighted by molar-refractivity contribution is -0.605. The molecule has 0 bridgehead atoms. The van der Waals surface area contributed by atoms with Gasteiger partial charge in [0.05, 0.1) is 0 Å². The van der Waals surface area contributed by atoms with Crippen molar-refractivity contribution in [3.8, 4) is 0 Å². The Hall–Kier alpha value is -1.09. The maximum absolute atomic E-state index is 10.8. The maximum Gasteiger partial charge on any atom is 0.180 e. The number of nitrogens with one attached hydrogen (secondary N) is 1. The van der Waals surface area contributed by atoms with Crippen molar-refractivity contribution in [3.63, 3.8) is 0 Å². The van der Waals surface area contributed by atoms with E-state index in [4.69, 9.17) is 0 Å². The van der Waals surface area contributed by atoms with Crippen molar-refractivity contribution in [2.45, 2.75) is 18.8 Å². The Kier molecular flexibility index (Phi) is 2.45. The molecular weight excluding hydrogens is 164 g/mol. The van der Waals surface area contributed by atoms with Crippen molar-refractivity contribution in [3.05, 3.63) is 35.3 Å². The van der Waals surface area contributed by atoms with Crippen molar-refractivity contribution < 1.29 is 4.73 Å². The zero-order valence-corrected chi connectivity index (χ0v) is 7.57. The highest BCUT2D eigenvalue weighted by atomic mass is 16.5. The van der Waals surface area contributed by atoms with Gasteiger partial charge in [-0.1, -0.05) is 0 Å². The highest BCUT2D eigenvalue weighted by Gasteiger charge is 2.15. The summed E-state index contributed by atoms with van der Waals surface area (Å²) in [4.78, 5) is 0. The summed E-state index contributed by atoms with van der Waals surface area (Å²) in [5, 5.41) is 14.2. The molecule has 1 N–H and O–H groups in total. The van der Waals surface area contributed by atoms with Gasteiger partial charge in [-0.05, 0) is 30.9 Å². The van der Waals surface area contributed by atoms with E-state index in [2.05, 4.69) is 5.32 Å². The number of rotatable bonds is 1. The minimum absolute atomic E-state index is 0.593. The molecule has 0 aliphatic carbocycles. The first-order chi connectivity index (χ1) is 6.36. The van der Waals surface area contributed by atoms with E-state index in [0.717, 1.165) is 17.8 Å². The molecule has 1 fully saturated rings. The van der Waals surface area contributed by atoms with Crippen LogP contribution in [0.5, 0.6) is 0 Å². The predicted molar refractivity (Wildman–Crippen MR) is 50.2 cm³/mol. The second kappa shape index (κ2) is 3.75. The molecule has 1 unspecified atom stereocenters. The zero-order valence-electron chi connectivity index (χ0n) is 7.57. The van der Waals surface area contributed by atoms with Crippen LogP contribution in [0.3, 0.4) is 0 Å². The van der Waals surface area contributed by atoms with Gasteiger partial charge in [0, 0.05) is 18.7 Å². The van der Waals surface area contributed by atoms with E-state index in [-0.39, 0.29) is 0 Å². The Bertz CT molecular complexity index is 265. The lowest BCUT2D eigenvalue weighted by atomic mass is 9.93. The Labute approximate surface area is 78.0 Å².